The Bertz CT molecular complexity index is 597. The lowest BCUT2D eigenvalue weighted by Gasteiger charge is -2.05. The van der Waals surface area contributed by atoms with E-state index in [0.29, 0.717) is 17.2 Å². The summed E-state index contributed by atoms with van der Waals surface area (Å²) in [4.78, 5) is 4.51. The molecule has 0 saturated carbocycles. The van der Waals surface area contributed by atoms with Crippen LogP contribution in [-0.2, 0) is 5.75 Å². The van der Waals surface area contributed by atoms with E-state index >= 15 is 0 Å². The number of thiazole rings is 1. The Morgan fingerprint density at radius 1 is 1.35 bits per heavy atom. The van der Waals surface area contributed by atoms with Gasteiger partial charge in [-0.3, -0.25) is 0 Å². The zero-order valence-electron chi connectivity index (χ0n) is 11.5. The quantitative estimate of drug-likeness (QED) is 0.796. The van der Waals surface area contributed by atoms with Crippen LogP contribution in [0.15, 0.2) is 22.4 Å². The van der Waals surface area contributed by atoms with Crippen molar-refractivity contribution in [1.29, 1.82) is 0 Å². The molecular formula is C14H16F2N2S2. The maximum Gasteiger partial charge on any atom is 0.183 e. The molecule has 0 unspecified atom stereocenters. The first-order valence-corrected chi connectivity index (χ1v) is 8.06. The average Bonchev–Trinajstić information content (AvgIpc) is 2.81. The molecule has 1 aromatic carbocycles. The van der Waals surface area contributed by atoms with E-state index in [0.717, 1.165) is 21.1 Å². The standard InChI is InChI=1S/C14H16F2N2S2/c1-8(2)12-13(20-14(17-3)18-12)19-7-9-4-5-10(15)6-11(9)16/h4-6,8H,7H2,1-3H3,(H,17,18). The Kier molecular flexibility index (Phi) is 4.99. The van der Waals surface area contributed by atoms with Crippen molar-refractivity contribution in [2.24, 2.45) is 0 Å². The van der Waals surface area contributed by atoms with Crippen molar-refractivity contribution in [3.8, 4) is 0 Å². The molecule has 0 radical (unpaired) electrons. The summed E-state index contributed by atoms with van der Waals surface area (Å²) < 4.78 is 27.5. The third-order valence-electron chi connectivity index (χ3n) is 2.76. The second-order valence-electron chi connectivity index (χ2n) is 4.62. The molecular weight excluding hydrogens is 298 g/mol. The fraction of sp³-hybridized carbons (Fsp3) is 0.357. The van der Waals surface area contributed by atoms with Crippen molar-refractivity contribution < 1.29 is 8.78 Å². The van der Waals surface area contributed by atoms with Crippen LogP contribution in [0, 0.1) is 11.6 Å². The lowest BCUT2D eigenvalue weighted by Crippen LogP contribution is -1.92. The first-order valence-electron chi connectivity index (χ1n) is 6.26. The van der Waals surface area contributed by atoms with Crippen molar-refractivity contribution >= 4 is 28.2 Å². The van der Waals surface area contributed by atoms with Crippen molar-refractivity contribution in [3.63, 3.8) is 0 Å². The van der Waals surface area contributed by atoms with Crippen LogP contribution in [0.1, 0.15) is 31.0 Å². The van der Waals surface area contributed by atoms with Gasteiger partial charge in [0.2, 0.25) is 0 Å². The van der Waals surface area contributed by atoms with Gasteiger partial charge in [0, 0.05) is 18.9 Å². The number of nitrogens with one attached hydrogen (secondary N) is 1. The maximum absolute atomic E-state index is 13.6. The summed E-state index contributed by atoms with van der Waals surface area (Å²) in [6, 6.07) is 3.70. The highest BCUT2D eigenvalue weighted by atomic mass is 32.2. The SMILES string of the molecule is CNc1nc(C(C)C)c(SCc2ccc(F)cc2F)s1. The average molecular weight is 314 g/mol. The molecule has 6 heteroatoms. The van der Waals surface area contributed by atoms with E-state index in [1.807, 2.05) is 7.05 Å². The van der Waals surface area contributed by atoms with E-state index in [1.165, 1.54) is 23.9 Å². The molecule has 0 spiro atoms. The minimum Gasteiger partial charge on any atom is -0.365 e. The third-order valence-corrected chi connectivity index (χ3v) is 5.17. The first-order chi connectivity index (χ1) is 9.51. The lowest BCUT2D eigenvalue weighted by atomic mass is 10.2. The van der Waals surface area contributed by atoms with E-state index in [9.17, 15) is 8.78 Å². The van der Waals surface area contributed by atoms with Gasteiger partial charge in [-0.25, -0.2) is 13.8 Å². The number of rotatable bonds is 5. The fourth-order valence-electron chi connectivity index (χ4n) is 1.68. The molecule has 0 aliphatic heterocycles. The number of thioether (sulfide) groups is 1. The first kappa shape index (κ1) is 15.3. The van der Waals surface area contributed by atoms with Crippen molar-refractivity contribution in [2.75, 3.05) is 12.4 Å². The monoisotopic (exact) mass is 314 g/mol. The fourth-order valence-corrected chi connectivity index (χ4v) is 4.08. The number of aromatic nitrogens is 1. The maximum atomic E-state index is 13.6. The Balaban J connectivity index is 2.16. The number of halogens is 2. The minimum atomic E-state index is -0.547. The van der Waals surface area contributed by atoms with Gasteiger partial charge in [-0.2, -0.15) is 0 Å². The summed E-state index contributed by atoms with van der Waals surface area (Å²) in [5.74, 6) is -0.262. The van der Waals surface area contributed by atoms with Gasteiger partial charge in [0.15, 0.2) is 5.13 Å². The molecule has 0 amide bonds. The molecule has 0 aliphatic rings. The zero-order valence-corrected chi connectivity index (χ0v) is 13.2. The Morgan fingerprint density at radius 2 is 2.10 bits per heavy atom. The molecule has 108 valence electrons. The highest BCUT2D eigenvalue weighted by molar-refractivity contribution is 8.00. The second-order valence-corrected chi connectivity index (χ2v) is 6.86. The predicted molar refractivity (Wildman–Crippen MR) is 81.7 cm³/mol. The van der Waals surface area contributed by atoms with Crippen molar-refractivity contribution in [3.05, 3.63) is 41.1 Å². The predicted octanol–water partition coefficient (Wildman–Crippen LogP) is 4.88. The third kappa shape index (κ3) is 3.49. The Hall–Kier alpha value is -1.14. The molecule has 1 N–H and O–H groups in total. The summed E-state index contributed by atoms with van der Waals surface area (Å²) in [5, 5.41) is 3.89. The Morgan fingerprint density at radius 3 is 2.70 bits per heavy atom. The van der Waals surface area contributed by atoms with Crippen molar-refractivity contribution in [1.82, 2.24) is 4.98 Å². The van der Waals surface area contributed by atoms with Crippen LogP contribution in [0.2, 0.25) is 0 Å². The van der Waals surface area contributed by atoms with E-state index in [4.69, 9.17) is 0 Å². The van der Waals surface area contributed by atoms with Gasteiger partial charge in [0.1, 0.15) is 11.6 Å². The van der Waals surface area contributed by atoms with Gasteiger partial charge in [0.25, 0.3) is 0 Å². The number of nitrogens with zero attached hydrogens (tertiary/aromatic N) is 1. The summed E-state index contributed by atoms with van der Waals surface area (Å²) in [5.41, 5.74) is 1.53. The molecule has 2 rings (SSSR count). The van der Waals surface area contributed by atoms with Crippen LogP contribution in [0.5, 0.6) is 0 Å². The molecule has 1 heterocycles. The Labute approximate surface area is 125 Å². The smallest absolute Gasteiger partial charge is 0.183 e. The highest BCUT2D eigenvalue weighted by Gasteiger charge is 2.15. The molecule has 0 atom stereocenters. The van der Waals surface area contributed by atoms with Crippen LogP contribution in [0.3, 0.4) is 0 Å². The number of hydrogen-bond acceptors (Lipinski definition) is 4. The molecule has 2 aromatic rings. The van der Waals surface area contributed by atoms with Gasteiger partial charge in [0.05, 0.1) is 9.90 Å². The molecule has 2 nitrogen and oxygen atoms in total. The van der Waals surface area contributed by atoms with E-state index in [1.54, 1.807) is 11.3 Å². The molecule has 0 aliphatic carbocycles. The van der Waals surface area contributed by atoms with Crippen LogP contribution < -0.4 is 5.32 Å². The molecule has 20 heavy (non-hydrogen) atoms. The van der Waals surface area contributed by atoms with Crippen molar-refractivity contribution in [2.45, 2.75) is 29.7 Å². The number of anilines is 1. The summed E-state index contributed by atoms with van der Waals surface area (Å²) >= 11 is 3.10. The second kappa shape index (κ2) is 6.54. The summed E-state index contributed by atoms with van der Waals surface area (Å²) in [7, 11) is 1.83. The van der Waals surface area contributed by atoms with E-state index in [-0.39, 0.29) is 0 Å². The van der Waals surface area contributed by atoms with Gasteiger partial charge < -0.3 is 5.32 Å². The van der Waals surface area contributed by atoms with Crippen LogP contribution in [-0.4, -0.2) is 12.0 Å². The van der Waals surface area contributed by atoms with Crippen LogP contribution in [0.25, 0.3) is 0 Å². The summed E-state index contributed by atoms with van der Waals surface area (Å²) in [6.07, 6.45) is 0. The van der Waals surface area contributed by atoms with Crippen LogP contribution >= 0.6 is 23.1 Å². The zero-order chi connectivity index (χ0) is 14.7. The molecule has 0 bridgehead atoms. The molecule has 0 fully saturated rings. The molecule has 0 saturated heterocycles. The minimum absolute atomic E-state index is 0.314. The largest absolute Gasteiger partial charge is 0.365 e. The molecule has 1 aromatic heterocycles. The number of benzene rings is 1. The van der Waals surface area contributed by atoms with E-state index < -0.39 is 11.6 Å². The van der Waals surface area contributed by atoms with E-state index in [2.05, 4.69) is 24.1 Å². The number of hydrogen-bond donors (Lipinski definition) is 1. The van der Waals surface area contributed by atoms with Gasteiger partial charge in [-0.1, -0.05) is 31.3 Å². The summed E-state index contributed by atoms with van der Waals surface area (Å²) in [6.45, 7) is 4.16. The van der Waals surface area contributed by atoms with Crippen LogP contribution in [0.4, 0.5) is 13.9 Å². The van der Waals surface area contributed by atoms with Gasteiger partial charge >= 0.3 is 0 Å². The topological polar surface area (TPSA) is 24.9 Å². The lowest BCUT2D eigenvalue weighted by molar-refractivity contribution is 0.576. The highest BCUT2D eigenvalue weighted by Crippen LogP contribution is 2.37. The van der Waals surface area contributed by atoms with Gasteiger partial charge in [-0.05, 0) is 17.5 Å². The van der Waals surface area contributed by atoms with Gasteiger partial charge in [-0.15, -0.1) is 11.8 Å². The normalized spacial score (nSPS) is 11.1.